The number of aromatic nitrogens is 4. The molecule has 0 saturated carbocycles. The third-order valence-electron chi connectivity index (χ3n) is 3.18. The van der Waals surface area contributed by atoms with Crippen molar-refractivity contribution in [2.24, 2.45) is 5.73 Å². The molecule has 0 bridgehead atoms. The molecule has 0 aliphatic rings. The highest BCUT2D eigenvalue weighted by atomic mass is 16.1. The summed E-state index contributed by atoms with van der Waals surface area (Å²) >= 11 is 0. The average Bonchev–Trinajstić information content (AvgIpc) is 2.61. The van der Waals surface area contributed by atoms with E-state index >= 15 is 0 Å². The van der Waals surface area contributed by atoms with Gasteiger partial charge in [0.05, 0.1) is 17.0 Å². The third-order valence-corrected chi connectivity index (χ3v) is 3.18. The maximum absolute atomic E-state index is 11.1. The molecule has 23 heavy (non-hydrogen) atoms. The van der Waals surface area contributed by atoms with Gasteiger partial charge in [-0.3, -0.25) is 14.8 Å². The molecular weight excluding hydrogens is 292 g/mol. The molecule has 0 aliphatic heterocycles. The minimum Gasteiger partial charge on any atom is -0.366 e. The van der Waals surface area contributed by atoms with Crippen LogP contribution in [0.15, 0.2) is 61.2 Å². The molecule has 7 heteroatoms. The van der Waals surface area contributed by atoms with Crippen LogP contribution >= 0.6 is 0 Å². The first-order chi connectivity index (χ1) is 11.2. The number of rotatable bonds is 5. The summed E-state index contributed by atoms with van der Waals surface area (Å²) in [7, 11) is 0. The molecule has 7 nitrogen and oxygen atoms in total. The number of nitrogens with zero attached hydrogens (tertiary/aromatic N) is 4. The highest BCUT2D eigenvalue weighted by Gasteiger charge is 2.17. The van der Waals surface area contributed by atoms with Gasteiger partial charge in [-0.25, -0.2) is 9.97 Å². The molecule has 3 heterocycles. The van der Waals surface area contributed by atoms with Gasteiger partial charge in [-0.15, -0.1) is 0 Å². The van der Waals surface area contributed by atoms with Gasteiger partial charge in [0.2, 0.25) is 5.95 Å². The topological polar surface area (TPSA) is 107 Å². The Kier molecular flexibility index (Phi) is 4.19. The van der Waals surface area contributed by atoms with E-state index in [1.54, 1.807) is 12.4 Å². The zero-order chi connectivity index (χ0) is 16.1. The Labute approximate surface area is 132 Å². The van der Waals surface area contributed by atoms with Crippen LogP contribution in [0, 0.1) is 0 Å². The summed E-state index contributed by atoms with van der Waals surface area (Å²) in [4.78, 5) is 28.0. The summed E-state index contributed by atoms with van der Waals surface area (Å²) in [6, 6.07) is 11.0. The lowest BCUT2D eigenvalue weighted by molar-refractivity contribution is 0.0999. The fourth-order valence-corrected chi connectivity index (χ4v) is 2.05. The number of hydrogen-bond donors (Lipinski definition) is 2. The Bertz CT molecular complexity index is 737. The van der Waals surface area contributed by atoms with Crippen LogP contribution in [-0.4, -0.2) is 25.8 Å². The Balaban J connectivity index is 1.92. The van der Waals surface area contributed by atoms with Crippen LogP contribution in [0.4, 0.5) is 5.95 Å². The van der Waals surface area contributed by atoms with E-state index in [9.17, 15) is 4.79 Å². The minimum atomic E-state index is -0.567. The van der Waals surface area contributed by atoms with Gasteiger partial charge in [-0.05, 0) is 24.3 Å². The Morgan fingerprint density at radius 1 is 0.913 bits per heavy atom. The van der Waals surface area contributed by atoms with Crippen molar-refractivity contribution in [1.82, 2.24) is 19.9 Å². The first-order valence-corrected chi connectivity index (χ1v) is 6.94. The van der Waals surface area contributed by atoms with Gasteiger partial charge in [0.1, 0.15) is 6.04 Å². The van der Waals surface area contributed by atoms with E-state index in [1.807, 2.05) is 36.4 Å². The number of hydrogen-bond acceptors (Lipinski definition) is 6. The molecule has 3 N–H and O–H groups in total. The fraction of sp³-hybridized carbons (Fsp3) is 0.0625. The summed E-state index contributed by atoms with van der Waals surface area (Å²) in [6.07, 6.45) is 6.19. The van der Waals surface area contributed by atoms with E-state index < -0.39 is 5.91 Å². The molecule has 0 saturated heterocycles. The van der Waals surface area contributed by atoms with E-state index in [2.05, 4.69) is 25.3 Å². The smallest absolute Gasteiger partial charge is 0.251 e. The van der Waals surface area contributed by atoms with E-state index in [4.69, 9.17) is 5.73 Å². The Morgan fingerprint density at radius 3 is 1.91 bits per heavy atom. The number of nitrogens with one attached hydrogen (secondary N) is 1. The molecular formula is C16H14N6O. The molecule has 114 valence electrons. The summed E-state index contributed by atoms with van der Waals surface area (Å²) in [6.45, 7) is 0. The zero-order valence-corrected chi connectivity index (χ0v) is 12.1. The van der Waals surface area contributed by atoms with E-state index in [-0.39, 0.29) is 11.6 Å². The van der Waals surface area contributed by atoms with Gasteiger partial charge in [0.25, 0.3) is 5.91 Å². The second-order valence-electron chi connectivity index (χ2n) is 4.75. The first-order valence-electron chi connectivity index (χ1n) is 6.94. The molecule has 0 fully saturated rings. The normalized spacial score (nSPS) is 10.5. The minimum absolute atomic E-state index is 0.253. The maximum atomic E-state index is 11.1. The number of pyridine rings is 2. The second kappa shape index (κ2) is 6.61. The number of primary amides is 1. The summed E-state index contributed by atoms with van der Waals surface area (Å²) in [5, 5.41) is 3.18. The quantitative estimate of drug-likeness (QED) is 0.741. The van der Waals surface area contributed by atoms with Crippen LogP contribution in [-0.2, 0) is 0 Å². The molecule has 0 aliphatic carbocycles. The number of carbonyl (C=O) groups excluding carboxylic acids is 1. The first kappa shape index (κ1) is 14.6. The van der Waals surface area contributed by atoms with Crippen LogP contribution in [0.3, 0.4) is 0 Å². The van der Waals surface area contributed by atoms with Crippen LogP contribution in [0.5, 0.6) is 0 Å². The number of amides is 1. The van der Waals surface area contributed by atoms with Gasteiger partial charge < -0.3 is 11.1 Å². The van der Waals surface area contributed by atoms with E-state index in [0.29, 0.717) is 5.95 Å². The predicted octanol–water partition coefficient (Wildman–Crippen LogP) is 1.57. The van der Waals surface area contributed by atoms with Crippen molar-refractivity contribution >= 4 is 11.9 Å². The van der Waals surface area contributed by atoms with Gasteiger partial charge in [0.15, 0.2) is 0 Å². The largest absolute Gasteiger partial charge is 0.366 e. The van der Waals surface area contributed by atoms with Crippen LogP contribution in [0.25, 0.3) is 0 Å². The lowest BCUT2D eigenvalue weighted by Crippen LogP contribution is -2.17. The van der Waals surface area contributed by atoms with Gasteiger partial charge in [-0.2, -0.15) is 0 Å². The van der Waals surface area contributed by atoms with Crippen molar-refractivity contribution in [2.75, 3.05) is 5.32 Å². The molecule has 0 radical (unpaired) electrons. The Hall–Kier alpha value is -3.35. The molecule has 3 rings (SSSR count). The van der Waals surface area contributed by atoms with Crippen molar-refractivity contribution < 1.29 is 4.79 Å². The van der Waals surface area contributed by atoms with Crippen molar-refractivity contribution in [3.05, 3.63) is 78.1 Å². The van der Waals surface area contributed by atoms with Gasteiger partial charge in [0, 0.05) is 24.8 Å². The summed E-state index contributed by atoms with van der Waals surface area (Å²) in [5.41, 5.74) is 7.01. The van der Waals surface area contributed by atoms with Gasteiger partial charge >= 0.3 is 0 Å². The molecule has 0 unspecified atom stereocenters. The van der Waals surface area contributed by atoms with Crippen molar-refractivity contribution in [3.8, 4) is 0 Å². The molecule has 0 atom stereocenters. The van der Waals surface area contributed by atoms with Gasteiger partial charge in [-0.1, -0.05) is 12.1 Å². The molecule has 3 aromatic heterocycles. The zero-order valence-electron chi connectivity index (χ0n) is 12.1. The molecule has 0 spiro atoms. The second-order valence-corrected chi connectivity index (χ2v) is 4.75. The lowest BCUT2D eigenvalue weighted by atomic mass is 10.1. The van der Waals surface area contributed by atoms with Crippen LogP contribution < -0.4 is 11.1 Å². The molecule has 0 aromatic carbocycles. The number of nitrogens with two attached hydrogens (primary N) is 1. The monoisotopic (exact) mass is 306 g/mol. The van der Waals surface area contributed by atoms with Crippen LogP contribution in [0.1, 0.15) is 27.8 Å². The number of carbonyl (C=O) groups is 1. The third kappa shape index (κ3) is 3.46. The fourth-order valence-electron chi connectivity index (χ4n) is 2.05. The molecule has 3 aromatic rings. The average molecular weight is 306 g/mol. The Morgan fingerprint density at radius 2 is 1.48 bits per heavy atom. The van der Waals surface area contributed by atoms with E-state index in [0.717, 1.165) is 11.4 Å². The molecule has 1 amide bonds. The van der Waals surface area contributed by atoms with Crippen LogP contribution in [0.2, 0.25) is 0 Å². The lowest BCUT2D eigenvalue weighted by Gasteiger charge is -2.17. The summed E-state index contributed by atoms with van der Waals surface area (Å²) in [5.74, 6) is -0.209. The van der Waals surface area contributed by atoms with Crippen molar-refractivity contribution in [2.45, 2.75) is 6.04 Å². The van der Waals surface area contributed by atoms with Crippen molar-refractivity contribution in [1.29, 1.82) is 0 Å². The number of anilines is 1. The predicted molar refractivity (Wildman–Crippen MR) is 84.5 cm³/mol. The van der Waals surface area contributed by atoms with E-state index in [1.165, 1.54) is 12.4 Å². The maximum Gasteiger partial charge on any atom is 0.251 e. The highest BCUT2D eigenvalue weighted by molar-refractivity contribution is 5.92. The summed E-state index contributed by atoms with van der Waals surface area (Å²) < 4.78 is 0. The highest BCUT2D eigenvalue weighted by Crippen LogP contribution is 2.21. The van der Waals surface area contributed by atoms with Crippen molar-refractivity contribution in [3.63, 3.8) is 0 Å². The standard InChI is InChI=1S/C16H14N6O/c17-15(23)11-9-20-16(21-10-11)22-14(12-5-1-3-7-18-12)13-6-2-4-8-19-13/h1-10,14H,(H2,17,23)(H,20,21,22). The SMILES string of the molecule is NC(=O)c1cnc(NC(c2ccccn2)c2ccccn2)nc1.